The van der Waals surface area contributed by atoms with Crippen LogP contribution in [0.25, 0.3) is 0 Å². The summed E-state index contributed by atoms with van der Waals surface area (Å²) in [7, 11) is -3.44. The van der Waals surface area contributed by atoms with E-state index in [0.717, 1.165) is 18.4 Å². The summed E-state index contributed by atoms with van der Waals surface area (Å²) in [5.74, 6) is -0.0287. The minimum Gasteiger partial charge on any atom is -0.349 e. The highest BCUT2D eigenvalue weighted by molar-refractivity contribution is 7.89. The predicted molar refractivity (Wildman–Crippen MR) is 113 cm³/mol. The van der Waals surface area contributed by atoms with Gasteiger partial charge in [-0.2, -0.15) is 4.31 Å². The second-order valence-corrected chi connectivity index (χ2v) is 8.41. The summed E-state index contributed by atoms with van der Waals surface area (Å²) < 4.78 is 26.4. The first-order valence-corrected chi connectivity index (χ1v) is 10.8. The lowest BCUT2D eigenvalue weighted by Gasteiger charge is -2.31. The molecule has 0 spiro atoms. The molecule has 1 amide bonds. The maximum atomic E-state index is 12.5. The minimum absolute atomic E-state index is 0. The average molecular weight is 420 g/mol. The molecular formula is C19H34ClN3O3S. The SMILES string of the molecule is CCN(CC)S(=O)(=O)c1ccc(CCC(=O)NC(CC)(CC)CN)cc1.Cl. The van der Waals surface area contributed by atoms with E-state index in [0.29, 0.717) is 32.5 Å². The monoisotopic (exact) mass is 419 g/mol. The molecule has 0 bridgehead atoms. The molecule has 1 aromatic carbocycles. The third kappa shape index (κ3) is 6.75. The van der Waals surface area contributed by atoms with E-state index in [9.17, 15) is 13.2 Å². The Balaban J connectivity index is 0.00000676. The summed E-state index contributed by atoms with van der Waals surface area (Å²) in [4.78, 5) is 12.5. The van der Waals surface area contributed by atoms with Crippen molar-refractivity contribution in [2.45, 2.75) is 63.8 Å². The fraction of sp³-hybridized carbons (Fsp3) is 0.632. The zero-order chi connectivity index (χ0) is 19.8. The molecule has 0 atom stereocenters. The van der Waals surface area contributed by atoms with E-state index in [2.05, 4.69) is 5.32 Å². The molecule has 1 aromatic rings. The Labute approximate surface area is 170 Å². The number of benzene rings is 1. The van der Waals surface area contributed by atoms with Gasteiger partial charge in [-0.15, -0.1) is 12.4 Å². The normalized spacial score (nSPS) is 11.9. The van der Waals surface area contributed by atoms with Crippen LogP contribution in [0.3, 0.4) is 0 Å². The molecule has 6 nitrogen and oxygen atoms in total. The highest BCUT2D eigenvalue weighted by Gasteiger charge is 2.26. The van der Waals surface area contributed by atoms with Crippen LogP contribution in [-0.2, 0) is 21.2 Å². The second-order valence-electron chi connectivity index (χ2n) is 6.47. The number of aryl methyl sites for hydroxylation is 1. The molecule has 0 unspecified atom stereocenters. The van der Waals surface area contributed by atoms with Crippen molar-refractivity contribution in [3.05, 3.63) is 29.8 Å². The molecule has 0 aliphatic carbocycles. The Kier molecular flexibility index (Phi) is 11.1. The lowest BCUT2D eigenvalue weighted by Crippen LogP contribution is -2.52. The van der Waals surface area contributed by atoms with E-state index < -0.39 is 10.0 Å². The fourth-order valence-electron chi connectivity index (χ4n) is 2.92. The highest BCUT2D eigenvalue weighted by atomic mass is 35.5. The molecule has 0 aliphatic rings. The third-order valence-electron chi connectivity index (χ3n) is 5.06. The summed E-state index contributed by atoms with van der Waals surface area (Å²) in [6, 6.07) is 6.78. The number of rotatable bonds is 11. The molecule has 27 heavy (non-hydrogen) atoms. The summed E-state index contributed by atoms with van der Waals surface area (Å²) in [6.45, 7) is 8.99. The van der Waals surface area contributed by atoms with Crippen molar-refractivity contribution in [2.24, 2.45) is 5.73 Å². The van der Waals surface area contributed by atoms with Gasteiger partial charge in [0.25, 0.3) is 0 Å². The molecule has 0 saturated heterocycles. The van der Waals surface area contributed by atoms with Gasteiger partial charge < -0.3 is 11.1 Å². The number of nitrogens with zero attached hydrogens (tertiary/aromatic N) is 1. The van der Waals surface area contributed by atoms with E-state index >= 15 is 0 Å². The van der Waals surface area contributed by atoms with Crippen molar-refractivity contribution in [3.8, 4) is 0 Å². The Morgan fingerprint density at radius 3 is 2.00 bits per heavy atom. The number of nitrogens with two attached hydrogens (primary N) is 1. The Morgan fingerprint density at radius 1 is 1.07 bits per heavy atom. The largest absolute Gasteiger partial charge is 0.349 e. The number of halogens is 1. The van der Waals surface area contributed by atoms with E-state index in [1.165, 1.54) is 4.31 Å². The van der Waals surface area contributed by atoms with Crippen molar-refractivity contribution in [3.63, 3.8) is 0 Å². The van der Waals surface area contributed by atoms with Gasteiger partial charge in [0, 0.05) is 26.1 Å². The van der Waals surface area contributed by atoms with Crippen LogP contribution in [0.1, 0.15) is 52.5 Å². The number of carbonyl (C=O) groups excluding carboxylic acids is 1. The second kappa shape index (κ2) is 11.6. The molecule has 0 aromatic heterocycles. The van der Waals surface area contributed by atoms with Crippen LogP contribution in [0.4, 0.5) is 0 Å². The number of hydrogen-bond donors (Lipinski definition) is 2. The third-order valence-corrected chi connectivity index (χ3v) is 7.12. The van der Waals surface area contributed by atoms with Crippen LogP contribution in [0.15, 0.2) is 29.2 Å². The van der Waals surface area contributed by atoms with Crippen LogP contribution in [-0.4, -0.2) is 43.8 Å². The van der Waals surface area contributed by atoms with Gasteiger partial charge in [-0.25, -0.2) is 8.42 Å². The van der Waals surface area contributed by atoms with Gasteiger partial charge in [-0.1, -0.05) is 39.8 Å². The smallest absolute Gasteiger partial charge is 0.243 e. The fourth-order valence-corrected chi connectivity index (χ4v) is 4.38. The van der Waals surface area contributed by atoms with Gasteiger partial charge in [-0.05, 0) is 37.0 Å². The summed E-state index contributed by atoms with van der Waals surface area (Å²) in [6.07, 6.45) is 2.50. The quantitative estimate of drug-likeness (QED) is 0.576. The summed E-state index contributed by atoms with van der Waals surface area (Å²) >= 11 is 0. The van der Waals surface area contributed by atoms with Crippen LogP contribution in [0, 0.1) is 0 Å². The maximum absolute atomic E-state index is 12.5. The maximum Gasteiger partial charge on any atom is 0.243 e. The predicted octanol–water partition coefficient (Wildman–Crippen LogP) is 2.71. The Hall–Kier alpha value is -1.15. The first kappa shape index (κ1) is 25.9. The first-order valence-electron chi connectivity index (χ1n) is 9.38. The number of amides is 1. The molecule has 0 aliphatic heterocycles. The van der Waals surface area contributed by atoms with Crippen molar-refractivity contribution < 1.29 is 13.2 Å². The Morgan fingerprint density at radius 2 is 1.59 bits per heavy atom. The molecule has 0 fully saturated rings. The Bertz CT molecular complexity index is 662. The van der Waals surface area contributed by atoms with Gasteiger partial charge in [0.1, 0.15) is 0 Å². The average Bonchev–Trinajstić information content (AvgIpc) is 2.65. The van der Waals surface area contributed by atoms with Crippen LogP contribution < -0.4 is 11.1 Å². The highest BCUT2D eigenvalue weighted by Crippen LogP contribution is 2.17. The summed E-state index contributed by atoms with van der Waals surface area (Å²) in [5.41, 5.74) is 6.41. The molecular weight excluding hydrogens is 386 g/mol. The topological polar surface area (TPSA) is 92.5 Å². The lowest BCUT2D eigenvalue weighted by atomic mass is 9.92. The molecule has 0 heterocycles. The zero-order valence-corrected chi connectivity index (χ0v) is 18.5. The van der Waals surface area contributed by atoms with E-state index in [-0.39, 0.29) is 28.7 Å². The van der Waals surface area contributed by atoms with Crippen molar-refractivity contribution in [2.75, 3.05) is 19.6 Å². The van der Waals surface area contributed by atoms with Gasteiger partial charge >= 0.3 is 0 Å². The molecule has 0 saturated carbocycles. The first-order chi connectivity index (χ1) is 12.3. The van der Waals surface area contributed by atoms with Crippen LogP contribution >= 0.6 is 12.4 Å². The molecule has 0 radical (unpaired) electrons. The molecule has 1 rings (SSSR count). The van der Waals surface area contributed by atoms with Gasteiger partial charge in [0.2, 0.25) is 15.9 Å². The van der Waals surface area contributed by atoms with Crippen molar-refractivity contribution in [1.82, 2.24) is 9.62 Å². The van der Waals surface area contributed by atoms with Crippen molar-refractivity contribution in [1.29, 1.82) is 0 Å². The standard InChI is InChI=1S/C19H33N3O3S.ClH/c1-5-19(6-2,15-20)21-18(23)14-11-16-9-12-17(13-10-16)26(24,25)22(7-3)8-4;/h9-10,12-13H,5-8,11,14-15,20H2,1-4H3,(H,21,23);1H. The van der Waals surface area contributed by atoms with Crippen LogP contribution in [0.5, 0.6) is 0 Å². The van der Waals surface area contributed by atoms with E-state index in [4.69, 9.17) is 5.73 Å². The van der Waals surface area contributed by atoms with E-state index in [1.807, 2.05) is 27.7 Å². The zero-order valence-electron chi connectivity index (χ0n) is 16.8. The number of sulfonamides is 1. The number of hydrogen-bond acceptors (Lipinski definition) is 4. The lowest BCUT2D eigenvalue weighted by molar-refractivity contribution is -0.123. The summed E-state index contributed by atoms with van der Waals surface area (Å²) in [5, 5.41) is 3.05. The van der Waals surface area contributed by atoms with Crippen LogP contribution in [0.2, 0.25) is 0 Å². The molecule has 156 valence electrons. The number of carbonyl (C=O) groups is 1. The van der Waals surface area contributed by atoms with E-state index in [1.54, 1.807) is 24.3 Å². The minimum atomic E-state index is -3.44. The van der Waals surface area contributed by atoms with Gasteiger partial charge in [0.05, 0.1) is 10.4 Å². The van der Waals surface area contributed by atoms with Gasteiger partial charge in [-0.3, -0.25) is 4.79 Å². The number of nitrogens with one attached hydrogen (secondary N) is 1. The molecule has 3 N–H and O–H groups in total. The molecule has 8 heteroatoms. The van der Waals surface area contributed by atoms with Gasteiger partial charge in [0.15, 0.2) is 0 Å². The van der Waals surface area contributed by atoms with Crippen molar-refractivity contribution >= 4 is 28.3 Å².